The predicted octanol–water partition coefficient (Wildman–Crippen LogP) is 5.13. The largest absolute Gasteiger partial charge is 0.497 e. The molecule has 12 nitrogen and oxygen atoms in total. The van der Waals surface area contributed by atoms with E-state index in [1.165, 1.54) is 50.8 Å². The third-order valence-electron chi connectivity index (χ3n) is 6.52. The van der Waals surface area contributed by atoms with E-state index in [2.05, 4.69) is 26.5 Å². The predicted molar refractivity (Wildman–Crippen MR) is 166 cm³/mol. The molecule has 0 radical (unpaired) electrons. The van der Waals surface area contributed by atoms with Crippen LogP contribution < -0.4 is 19.2 Å². The monoisotopic (exact) mass is 669 g/mol. The van der Waals surface area contributed by atoms with Gasteiger partial charge in [-0.3, -0.25) is 19.2 Å². The zero-order valence-electron chi connectivity index (χ0n) is 23.6. The zero-order valence-corrected chi connectivity index (χ0v) is 26.0. The summed E-state index contributed by atoms with van der Waals surface area (Å²) >= 11 is 3.44. The van der Waals surface area contributed by atoms with Crippen molar-refractivity contribution in [3.8, 4) is 17.2 Å². The van der Waals surface area contributed by atoms with Gasteiger partial charge in [-0.15, -0.1) is 0 Å². The summed E-state index contributed by atoms with van der Waals surface area (Å²) in [7, 11) is -1.89. The number of carbonyl (C=O) groups is 1. The van der Waals surface area contributed by atoms with Crippen molar-refractivity contribution in [3.63, 3.8) is 0 Å². The average Bonchev–Trinajstić information content (AvgIpc) is 3.28. The Balaban J connectivity index is 1.65. The Labute approximate surface area is 256 Å². The highest BCUT2D eigenvalue weighted by Crippen LogP contribution is 2.37. The molecular weight excluding hydrogens is 642 g/mol. The highest BCUT2D eigenvalue weighted by Gasteiger charge is 2.34. The van der Waals surface area contributed by atoms with Gasteiger partial charge < -0.3 is 14.0 Å². The number of nitro benzene ring substituents is 1. The summed E-state index contributed by atoms with van der Waals surface area (Å²) in [6, 6.07) is 18.9. The number of aryl methyl sites for hydroxylation is 1. The van der Waals surface area contributed by atoms with Crippen LogP contribution in [0.2, 0.25) is 0 Å². The maximum atomic E-state index is 13.9. The minimum atomic E-state index is -4.65. The molecule has 0 bridgehead atoms. The van der Waals surface area contributed by atoms with E-state index >= 15 is 0 Å². The fourth-order valence-electron chi connectivity index (χ4n) is 4.48. The van der Waals surface area contributed by atoms with Gasteiger partial charge in [-0.1, -0.05) is 28.1 Å². The van der Waals surface area contributed by atoms with Crippen molar-refractivity contribution in [2.45, 2.75) is 18.7 Å². The second-order valence-electron chi connectivity index (χ2n) is 9.21. The molecule has 224 valence electrons. The Kier molecular flexibility index (Phi) is 9.51. The second kappa shape index (κ2) is 13.1. The fraction of sp³-hybridized carbons (Fsp3) is 0.172. The van der Waals surface area contributed by atoms with Gasteiger partial charge in [-0.25, -0.2) is 13.8 Å². The number of nitro groups is 1. The van der Waals surface area contributed by atoms with Gasteiger partial charge in [0.25, 0.3) is 21.6 Å². The number of halogens is 1. The number of aromatic nitrogens is 1. The number of nitrogens with one attached hydrogen (secondary N) is 1. The van der Waals surface area contributed by atoms with Crippen molar-refractivity contribution < 1.29 is 27.6 Å². The molecule has 0 saturated heterocycles. The third-order valence-corrected chi connectivity index (χ3v) is 8.86. The number of ether oxygens (including phenoxy) is 2. The summed E-state index contributed by atoms with van der Waals surface area (Å²) < 4.78 is 42.0. The quantitative estimate of drug-likeness (QED) is 0.132. The molecule has 0 spiro atoms. The maximum Gasteiger partial charge on any atom is 0.289 e. The smallest absolute Gasteiger partial charge is 0.289 e. The van der Waals surface area contributed by atoms with Gasteiger partial charge in [0.2, 0.25) is 0 Å². The van der Waals surface area contributed by atoms with E-state index in [1.54, 1.807) is 0 Å². The van der Waals surface area contributed by atoms with Crippen LogP contribution >= 0.6 is 15.9 Å². The Bertz CT molecular complexity index is 1800. The lowest BCUT2D eigenvalue weighted by Gasteiger charge is -2.25. The molecule has 0 atom stereocenters. The van der Waals surface area contributed by atoms with Crippen LogP contribution in [-0.2, 0) is 14.8 Å². The molecule has 4 aromatic rings. The van der Waals surface area contributed by atoms with E-state index in [9.17, 15) is 23.3 Å². The molecule has 1 heterocycles. The van der Waals surface area contributed by atoms with Crippen LogP contribution in [0.1, 0.15) is 17.0 Å². The number of carbonyl (C=O) groups excluding carboxylic acids is 1. The SMILES string of the molecule is COc1ccc(N(CC(=O)N/N=C/c2cc(C)n(-c3ccc(Br)cc3)c2C)S(=O)(=O)c2ccccc2[N+](=O)[O-])c(OC)c1. The van der Waals surface area contributed by atoms with E-state index in [0.29, 0.717) is 5.75 Å². The van der Waals surface area contributed by atoms with Crippen LogP contribution in [-0.4, -0.2) is 50.8 Å². The van der Waals surface area contributed by atoms with Crippen molar-refractivity contribution >= 4 is 49.4 Å². The summed E-state index contributed by atoms with van der Waals surface area (Å²) in [5.41, 5.74) is 5.21. The van der Waals surface area contributed by atoms with Crippen LogP contribution in [0.15, 0.2) is 87.3 Å². The number of benzene rings is 3. The van der Waals surface area contributed by atoms with Gasteiger partial charge in [-0.2, -0.15) is 5.10 Å². The van der Waals surface area contributed by atoms with Crippen LogP contribution in [0.4, 0.5) is 11.4 Å². The van der Waals surface area contributed by atoms with Crippen molar-refractivity contribution in [2.24, 2.45) is 5.10 Å². The molecule has 1 N–H and O–H groups in total. The zero-order chi connectivity index (χ0) is 31.3. The third kappa shape index (κ3) is 6.70. The number of amides is 1. The van der Waals surface area contributed by atoms with Gasteiger partial charge in [0.1, 0.15) is 18.0 Å². The van der Waals surface area contributed by atoms with Crippen LogP contribution in [0, 0.1) is 24.0 Å². The maximum absolute atomic E-state index is 13.9. The molecule has 0 fully saturated rings. The van der Waals surface area contributed by atoms with E-state index in [4.69, 9.17) is 9.47 Å². The molecule has 0 aliphatic carbocycles. The number of methoxy groups -OCH3 is 2. The number of hydrazone groups is 1. The lowest BCUT2D eigenvalue weighted by molar-refractivity contribution is -0.387. The molecule has 1 amide bonds. The first-order chi connectivity index (χ1) is 20.5. The number of rotatable bonds is 11. The second-order valence-corrected chi connectivity index (χ2v) is 12.0. The van der Waals surface area contributed by atoms with Crippen molar-refractivity contribution in [1.29, 1.82) is 0 Å². The van der Waals surface area contributed by atoms with Gasteiger partial charge in [0.15, 0.2) is 4.90 Å². The van der Waals surface area contributed by atoms with Gasteiger partial charge >= 0.3 is 0 Å². The van der Waals surface area contributed by atoms with Gasteiger partial charge in [0, 0.05) is 39.2 Å². The standard InChI is InChI=1S/C29H28BrN5O7S/c1-19-15-21(20(2)34(19)23-11-9-22(30)10-12-23)17-31-32-29(36)18-33(25-14-13-24(41-3)16-27(25)42-4)43(39,40)28-8-6-5-7-26(28)35(37)38/h5-17H,18H2,1-4H3,(H,32,36)/b31-17+. The Morgan fingerprint density at radius 1 is 1.07 bits per heavy atom. The number of sulfonamides is 1. The van der Waals surface area contributed by atoms with Crippen molar-refractivity contribution in [1.82, 2.24) is 9.99 Å². The number of hydrogen-bond acceptors (Lipinski definition) is 8. The summed E-state index contributed by atoms with van der Waals surface area (Å²) in [6.45, 7) is 3.10. The van der Waals surface area contributed by atoms with E-state index in [0.717, 1.165) is 43.5 Å². The number of anilines is 1. The van der Waals surface area contributed by atoms with E-state index < -0.39 is 38.0 Å². The summed E-state index contributed by atoms with van der Waals surface area (Å²) in [5.74, 6) is -0.352. The van der Waals surface area contributed by atoms with Crippen molar-refractivity contribution in [2.75, 3.05) is 25.1 Å². The first-order valence-electron chi connectivity index (χ1n) is 12.7. The summed E-state index contributed by atoms with van der Waals surface area (Å²) in [4.78, 5) is 23.4. The first kappa shape index (κ1) is 31.3. The topological polar surface area (TPSA) is 145 Å². The Morgan fingerprint density at radius 3 is 2.42 bits per heavy atom. The lowest BCUT2D eigenvalue weighted by atomic mass is 10.2. The van der Waals surface area contributed by atoms with E-state index in [1.807, 2.05) is 48.7 Å². The summed E-state index contributed by atoms with van der Waals surface area (Å²) in [6.07, 6.45) is 1.46. The van der Waals surface area contributed by atoms with Gasteiger partial charge in [-0.05, 0) is 62.4 Å². The van der Waals surface area contributed by atoms with Crippen LogP contribution in [0.25, 0.3) is 5.69 Å². The molecule has 0 unspecified atom stereocenters. The number of nitrogens with zero attached hydrogens (tertiary/aromatic N) is 4. The molecule has 0 saturated carbocycles. The Hall–Kier alpha value is -4.69. The minimum Gasteiger partial charge on any atom is -0.497 e. The van der Waals surface area contributed by atoms with Crippen LogP contribution in [0.5, 0.6) is 11.5 Å². The fourth-order valence-corrected chi connectivity index (χ4v) is 6.34. The minimum absolute atomic E-state index is 0.0291. The molecule has 0 aliphatic rings. The molecule has 14 heteroatoms. The molecule has 4 rings (SSSR count). The number of hydrogen-bond donors (Lipinski definition) is 1. The van der Waals surface area contributed by atoms with Crippen LogP contribution in [0.3, 0.4) is 0 Å². The first-order valence-corrected chi connectivity index (χ1v) is 15.0. The molecule has 1 aromatic heterocycles. The average molecular weight is 671 g/mol. The summed E-state index contributed by atoms with van der Waals surface area (Å²) in [5, 5.41) is 15.7. The molecular formula is C29H28BrN5O7S. The highest BCUT2D eigenvalue weighted by molar-refractivity contribution is 9.10. The normalized spacial score (nSPS) is 11.4. The highest BCUT2D eigenvalue weighted by atomic mass is 79.9. The molecule has 3 aromatic carbocycles. The molecule has 0 aliphatic heterocycles. The van der Waals surface area contributed by atoms with Gasteiger partial charge in [0.05, 0.1) is 31.0 Å². The number of para-hydroxylation sites is 1. The van der Waals surface area contributed by atoms with E-state index in [-0.39, 0.29) is 11.4 Å². The molecule has 43 heavy (non-hydrogen) atoms. The lowest BCUT2D eigenvalue weighted by Crippen LogP contribution is -2.40. The van der Waals surface area contributed by atoms with Crippen molar-refractivity contribution in [3.05, 3.63) is 104 Å². The Morgan fingerprint density at radius 2 is 1.77 bits per heavy atom.